The van der Waals surface area contributed by atoms with Gasteiger partial charge in [0, 0.05) is 38.7 Å². The molecule has 290 valence electrons. The number of hydrogen-bond acceptors (Lipinski definition) is 3. The molecule has 1 aliphatic carbocycles. The van der Waals surface area contributed by atoms with Gasteiger partial charge in [-0.05, 0) is 92.4 Å². The average Bonchev–Trinajstić information content (AvgIpc) is 3.87. The molecule has 1 aliphatic heterocycles. The number of furan rings is 1. The molecular weight excluding hydrogens is 755 g/mol. The Bertz CT molecular complexity index is 3550. The topological polar surface area (TPSA) is 25.6 Å². The molecule has 0 radical (unpaired) electrons. The predicted molar refractivity (Wildman–Crippen MR) is 254 cm³/mol. The minimum absolute atomic E-state index is 0.565. The molecule has 13 rings (SSSR count). The number of benzene rings is 10. The fourth-order valence-corrected chi connectivity index (χ4v) is 10.5. The summed E-state index contributed by atoms with van der Waals surface area (Å²) >= 11 is 0. The number of nitrogens with zero attached hydrogens (tertiary/aromatic N) is 1. The van der Waals surface area contributed by atoms with Crippen molar-refractivity contribution < 1.29 is 9.15 Å². The Hall–Kier alpha value is -8.14. The summed E-state index contributed by atoms with van der Waals surface area (Å²) in [6.45, 7) is 0. The predicted octanol–water partition coefficient (Wildman–Crippen LogP) is 16.0. The maximum absolute atomic E-state index is 6.89. The second-order valence-corrected chi connectivity index (χ2v) is 16.3. The molecule has 62 heavy (non-hydrogen) atoms. The highest BCUT2D eigenvalue weighted by molar-refractivity contribution is 6.10. The number of rotatable bonds is 5. The Kier molecular flexibility index (Phi) is 7.52. The van der Waals surface area contributed by atoms with Gasteiger partial charge in [0.15, 0.2) is 5.58 Å². The first kappa shape index (κ1) is 34.7. The zero-order valence-electron chi connectivity index (χ0n) is 33.6. The highest BCUT2D eigenvalue weighted by Gasteiger charge is 2.51. The maximum Gasteiger partial charge on any atom is 0.159 e. The quantitative estimate of drug-likeness (QED) is 0.174. The molecule has 1 spiro atoms. The standard InChI is InChI=1S/C59H37NO2/c1-2-14-38(15-3-1)39-28-33-42(34-29-39)60(53-25-13-21-47-46-18-7-10-26-54(46)61-58(47)53)43-35-30-41(31-36-43)44-20-12-24-51-56(44)48-19-6-8-22-49(48)59(51)50-23-9-11-27-55(50)62-57-45-17-5-4-16-40(45)32-37-52(57)59/h1-37H. The van der Waals surface area contributed by atoms with E-state index in [0.717, 1.165) is 67.0 Å². The molecule has 0 bridgehead atoms. The van der Waals surface area contributed by atoms with Crippen molar-refractivity contribution in [3.05, 3.63) is 247 Å². The first-order valence-electron chi connectivity index (χ1n) is 21.2. The number of fused-ring (bicyclic) bond motifs is 14. The van der Waals surface area contributed by atoms with Crippen LogP contribution in [0.3, 0.4) is 0 Å². The van der Waals surface area contributed by atoms with Gasteiger partial charge in [-0.15, -0.1) is 0 Å². The molecule has 0 fully saturated rings. The van der Waals surface area contributed by atoms with E-state index in [4.69, 9.17) is 9.15 Å². The lowest BCUT2D eigenvalue weighted by molar-refractivity contribution is 0.441. The van der Waals surface area contributed by atoms with Crippen molar-refractivity contribution in [1.82, 2.24) is 0 Å². The zero-order chi connectivity index (χ0) is 40.8. The van der Waals surface area contributed by atoms with Gasteiger partial charge < -0.3 is 14.1 Å². The first-order chi connectivity index (χ1) is 30.8. The second kappa shape index (κ2) is 13.4. The lowest BCUT2D eigenvalue weighted by atomic mass is 9.65. The van der Waals surface area contributed by atoms with Gasteiger partial charge in [-0.3, -0.25) is 0 Å². The van der Waals surface area contributed by atoms with E-state index in [1.807, 2.05) is 12.1 Å². The SMILES string of the molecule is c1ccc(-c2ccc(N(c3ccc(-c4cccc5c4-c4ccccc4C54c5ccccc5Oc5c4ccc4ccccc54)cc3)c3cccc4c3oc3ccccc34)cc2)cc1. The molecule has 1 aromatic heterocycles. The molecule has 3 nitrogen and oxygen atoms in total. The van der Waals surface area contributed by atoms with Crippen LogP contribution >= 0.6 is 0 Å². The Morgan fingerprint density at radius 1 is 0.371 bits per heavy atom. The third kappa shape index (κ3) is 4.94. The number of para-hydroxylation sites is 3. The van der Waals surface area contributed by atoms with Crippen LogP contribution < -0.4 is 9.64 Å². The molecule has 2 heterocycles. The first-order valence-corrected chi connectivity index (χ1v) is 21.2. The molecular formula is C59H37NO2. The molecule has 0 N–H and O–H groups in total. The second-order valence-electron chi connectivity index (χ2n) is 16.3. The third-order valence-electron chi connectivity index (χ3n) is 13.1. The number of anilines is 3. The van der Waals surface area contributed by atoms with Crippen molar-refractivity contribution in [1.29, 1.82) is 0 Å². The van der Waals surface area contributed by atoms with Crippen molar-refractivity contribution in [3.63, 3.8) is 0 Å². The fourth-order valence-electron chi connectivity index (χ4n) is 10.5. The molecule has 2 aliphatic rings. The lowest BCUT2D eigenvalue weighted by Crippen LogP contribution is -2.32. The molecule has 0 saturated carbocycles. The monoisotopic (exact) mass is 791 g/mol. The van der Waals surface area contributed by atoms with Crippen LogP contribution in [0.15, 0.2) is 229 Å². The van der Waals surface area contributed by atoms with E-state index in [1.54, 1.807) is 0 Å². The summed E-state index contributed by atoms with van der Waals surface area (Å²) in [4.78, 5) is 2.32. The molecule has 10 aromatic carbocycles. The van der Waals surface area contributed by atoms with Crippen LogP contribution in [0.2, 0.25) is 0 Å². The summed E-state index contributed by atoms with van der Waals surface area (Å²) in [6.07, 6.45) is 0. The fraction of sp³-hybridized carbons (Fsp3) is 0.0169. The highest BCUT2D eigenvalue weighted by atomic mass is 16.5. The number of ether oxygens (including phenoxy) is 1. The van der Waals surface area contributed by atoms with E-state index in [2.05, 4.69) is 217 Å². The molecule has 1 unspecified atom stereocenters. The molecule has 11 aromatic rings. The van der Waals surface area contributed by atoms with E-state index >= 15 is 0 Å². The summed E-state index contributed by atoms with van der Waals surface area (Å²) in [5, 5.41) is 4.49. The van der Waals surface area contributed by atoms with Crippen molar-refractivity contribution in [2.75, 3.05) is 4.90 Å². The van der Waals surface area contributed by atoms with Crippen molar-refractivity contribution in [2.45, 2.75) is 5.41 Å². The van der Waals surface area contributed by atoms with Crippen LogP contribution in [-0.4, -0.2) is 0 Å². The van der Waals surface area contributed by atoms with Crippen LogP contribution in [0.25, 0.3) is 66.1 Å². The van der Waals surface area contributed by atoms with Crippen LogP contribution in [0.4, 0.5) is 17.1 Å². The Labute approximate surface area is 359 Å². The minimum atomic E-state index is -0.565. The minimum Gasteiger partial charge on any atom is -0.456 e. The zero-order valence-corrected chi connectivity index (χ0v) is 33.6. The van der Waals surface area contributed by atoms with Gasteiger partial charge in [0.05, 0.1) is 11.1 Å². The summed E-state index contributed by atoms with van der Waals surface area (Å²) in [5.41, 5.74) is 16.3. The summed E-state index contributed by atoms with van der Waals surface area (Å²) in [5.74, 6) is 1.82. The molecule has 3 heteroatoms. The van der Waals surface area contributed by atoms with Gasteiger partial charge in [0.2, 0.25) is 0 Å². The lowest BCUT2D eigenvalue weighted by Gasteiger charge is -2.39. The number of hydrogen-bond donors (Lipinski definition) is 0. The van der Waals surface area contributed by atoms with Gasteiger partial charge in [0.1, 0.15) is 17.1 Å². The largest absolute Gasteiger partial charge is 0.456 e. The van der Waals surface area contributed by atoms with Crippen molar-refractivity contribution in [2.24, 2.45) is 0 Å². The van der Waals surface area contributed by atoms with Crippen LogP contribution in [0.5, 0.6) is 11.5 Å². The Morgan fingerprint density at radius 2 is 0.984 bits per heavy atom. The summed E-state index contributed by atoms with van der Waals surface area (Å²) < 4.78 is 13.5. The molecule has 1 atom stereocenters. The van der Waals surface area contributed by atoms with Gasteiger partial charge in [0.25, 0.3) is 0 Å². The van der Waals surface area contributed by atoms with E-state index in [9.17, 15) is 0 Å². The summed E-state index contributed by atoms with van der Waals surface area (Å²) in [7, 11) is 0. The van der Waals surface area contributed by atoms with E-state index in [0.29, 0.717) is 0 Å². The average molecular weight is 792 g/mol. The van der Waals surface area contributed by atoms with Gasteiger partial charge in [-0.1, -0.05) is 182 Å². The molecule has 0 saturated heterocycles. The Morgan fingerprint density at radius 3 is 1.82 bits per heavy atom. The van der Waals surface area contributed by atoms with Crippen molar-refractivity contribution >= 4 is 49.8 Å². The smallest absolute Gasteiger partial charge is 0.159 e. The normalized spacial score (nSPS) is 14.6. The maximum atomic E-state index is 6.89. The van der Waals surface area contributed by atoms with Crippen molar-refractivity contribution in [3.8, 4) is 44.9 Å². The van der Waals surface area contributed by atoms with Gasteiger partial charge >= 0.3 is 0 Å². The van der Waals surface area contributed by atoms with Crippen LogP contribution in [0, 0.1) is 0 Å². The Balaban J connectivity index is 0.992. The molecule has 0 amide bonds. The van der Waals surface area contributed by atoms with Gasteiger partial charge in [-0.25, -0.2) is 0 Å². The van der Waals surface area contributed by atoms with E-state index in [-0.39, 0.29) is 0 Å². The van der Waals surface area contributed by atoms with E-state index < -0.39 is 5.41 Å². The van der Waals surface area contributed by atoms with Crippen LogP contribution in [0.1, 0.15) is 22.3 Å². The van der Waals surface area contributed by atoms with Crippen LogP contribution in [-0.2, 0) is 5.41 Å². The summed E-state index contributed by atoms with van der Waals surface area (Å²) in [6, 6.07) is 80.7. The third-order valence-corrected chi connectivity index (χ3v) is 13.1. The van der Waals surface area contributed by atoms with E-state index in [1.165, 1.54) is 49.9 Å². The van der Waals surface area contributed by atoms with Gasteiger partial charge in [-0.2, -0.15) is 0 Å². The highest BCUT2D eigenvalue weighted by Crippen LogP contribution is 2.64.